The molecule has 0 fully saturated rings. The number of hydrogen-bond donors (Lipinski definition) is 2. The minimum atomic E-state index is -1.71. The zero-order valence-corrected chi connectivity index (χ0v) is 9.07. The predicted molar refractivity (Wildman–Crippen MR) is 61.6 cm³/mol. The Morgan fingerprint density at radius 3 is 2.28 bits per heavy atom. The van der Waals surface area contributed by atoms with Gasteiger partial charge in [-0.1, -0.05) is 24.3 Å². The molecule has 0 aliphatic rings. The Bertz CT molecular complexity index is 588. The van der Waals surface area contributed by atoms with Crippen molar-refractivity contribution in [1.29, 1.82) is 0 Å². The third-order valence-electron chi connectivity index (χ3n) is 2.53. The third kappa shape index (κ3) is 2.25. The van der Waals surface area contributed by atoms with Crippen molar-refractivity contribution in [3.63, 3.8) is 0 Å². The highest BCUT2D eigenvalue weighted by atomic mass is 19.2. The predicted octanol–water partition coefficient (Wildman–Crippen LogP) is 1.45. The van der Waals surface area contributed by atoms with Crippen LogP contribution in [0.4, 0.5) is 13.2 Å². The van der Waals surface area contributed by atoms with Gasteiger partial charge >= 0.3 is 7.12 Å². The van der Waals surface area contributed by atoms with Crippen LogP contribution in [0.15, 0.2) is 36.4 Å². The van der Waals surface area contributed by atoms with E-state index in [1.165, 1.54) is 24.3 Å². The van der Waals surface area contributed by atoms with Gasteiger partial charge in [0, 0.05) is 5.56 Å². The summed E-state index contributed by atoms with van der Waals surface area (Å²) in [5.74, 6) is -4.13. The summed E-state index contributed by atoms with van der Waals surface area (Å²) in [7, 11) is -1.71. The molecule has 0 bridgehead atoms. The van der Waals surface area contributed by atoms with Gasteiger partial charge in [0.15, 0.2) is 17.5 Å². The van der Waals surface area contributed by atoms with Crippen LogP contribution in [0.1, 0.15) is 0 Å². The maximum Gasteiger partial charge on any atom is 0.488 e. The van der Waals surface area contributed by atoms with Crippen LogP contribution in [-0.2, 0) is 0 Å². The molecule has 0 aromatic heterocycles. The third-order valence-corrected chi connectivity index (χ3v) is 2.53. The molecule has 0 saturated carbocycles. The quantitative estimate of drug-likeness (QED) is 0.627. The van der Waals surface area contributed by atoms with Crippen LogP contribution < -0.4 is 5.46 Å². The van der Waals surface area contributed by atoms with Crippen LogP contribution in [0, 0.1) is 17.5 Å². The van der Waals surface area contributed by atoms with E-state index >= 15 is 0 Å². The summed E-state index contributed by atoms with van der Waals surface area (Å²) in [6.45, 7) is 0. The van der Waals surface area contributed by atoms with E-state index < -0.39 is 24.6 Å². The second-order valence-electron chi connectivity index (χ2n) is 3.72. The average Bonchev–Trinajstić information content (AvgIpc) is 2.36. The van der Waals surface area contributed by atoms with Crippen LogP contribution in [0.2, 0.25) is 0 Å². The zero-order chi connectivity index (χ0) is 13.3. The number of hydrogen-bond acceptors (Lipinski definition) is 2. The molecule has 0 atom stereocenters. The smallest absolute Gasteiger partial charge is 0.423 e. The molecule has 18 heavy (non-hydrogen) atoms. The molecule has 0 unspecified atom stereocenters. The van der Waals surface area contributed by atoms with Gasteiger partial charge in [0.05, 0.1) is 0 Å². The molecule has 0 spiro atoms. The average molecular weight is 252 g/mol. The van der Waals surface area contributed by atoms with Crippen LogP contribution in [0.3, 0.4) is 0 Å². The van der Waals surface area contributed by atoms with Crippen LogP contribution in [0.5, 0.6) is 0 Å². The van der Waals surface area contributed by atoms with Crippen molar-refractivity contribution in [2.45, 2.75) is 0 Å². The van der Waals surface area contributed by atoms with Crippen molar-refractivity contribution in [2.75, 3.05) is 0 Å². The monoisotopic (exact) mass is 252 g/mol. The highest BCUT2D eigenvalue weighted by molar-refractivity contribution is 6.58. The normalized spacial score (nSPS) is 10.5. The molecule has 2 nitrogen and oxygen atoms in total. The van der Waals surface area contributed by atoms with E-state index in [2.05, 4.69) is 0 Å². The van der Waals surface area contributed by atoms with Crippen LogP contribution in [-0.4, -0.2) is 17.2 Å². The highest BCUT2D eigenvalue weighted by Crippen LogP contribution is 2.25. The van der Waals surface area contributed by atoms with E-state index in [0.717, 1.165) is 12.1 Å². The maximum atomic E-state index is 13.5. The Morgan fingerprint density at radius 1 is 0.889 bits per heavy atom. The molecule has 0 amide bonds. The maximum absolute atomic E-state index is 13.5. The molecule has 0 saturated heterocycles. The fourth-order valence-corrected chi connectivity index (χ4v) is 1.62. The van der Waals surface area contributed by atoms with Gasteiger partial charge in [-0.05, 0) is 23.2 Å². The molecule has 0 radical (unpaired) electrons. The van der Waals surface area contributed by atoms with Gasteiger partial charge in [0.1, 0.15) is 0 Å². The SMILES string of the molecule is OB(O)c1cccc(-c2ccc(F)c(F)c2F)c1. The summed E-state index contributed by atoms with van der Waals surface area (Å²) in [5, 5.41) is 18.0. The summed E-state index contributed by atoms with van der Waals surface area (Å²) >= 11 is 0. The summed E-state index contributed by atoms with van der Waals surface area (Å²) < 4.78 is 39.4. The van der Waals surface area contributed by atoms with E-state index in [1.54, 1.807) is 0 Å². The number of benzene rings is 2. The molecule has 2 aromatic rings. The molecule has 0 aliphatic carbocycles. The minimum Gasteiger partial charge on any atom is -0.423 e. The second kappa shape index (κ2) is 4.84. The van der Waals surface area contributed by atoms with Crippen molar-refractivity contribution < 1.29 is 23.2 Å². The lowest BCUT2D eigenvalue weighted by atomic mass is 9.79. The van der Waals surface area contributed by atoms with E-state index in [1.807, 2.05) is 0 Å². The molecule has 2 aromatic carbocycles. The van der Waals surface area contributed by atoms with Gasteiger partial charge < -0.3 is 10.0 Å². The Balaban J connectivity index is 2.55. The van der Waals surface area contributed by atoms with E-state index in [-0.39, 0.29) is 16.6 Å². The lowest BCUT2D eigenvalue weighted by molar-refractivity contribution is 0.426. The largest absolute Gasteiger partial charge is 0.488 e. The van der Waals surface area contributed by atoms with Gasteiger partial charge in [-0.15, -0.1) is 0 Å². The summed E-state index contributed by atoms with van der Waals surface area (Å²) in [6.07, 6.45) is 0. The van der Waals surface area contributed by atoms with Gasteiger partial charge in [-0.25, -0.2) is 13.2 Å². The lowest BCUT2D eigenvalue weighted by Gasteiger charge is -2.07. The Labute approximate surface area is 101 Å². The Morgan fingerprint density at radius 2 is 1.61 bits per heavy atom. The van der Waals surface area contributed by atoms with Gasteiger partial charge in [-0.2, -0.15) is 0 Å². The van der Waals surface area contributed by atoms with Crippen molar-refractivity contribution in [3.8, 4) is 11.1 Å². The topological polar surface area (TPSA) is 40.5 Å². The molecule has 0 aliphatic heterocycles. The van der Waals surface area contributed by atoms with Crippen molar-refractivity contribution >= 4 is 12.6 Å². The first-order valence-corrected chi connectivity index (χ1v) is 5.10. The lowest BCUT2D eigenvalue weighted by Crippen LogP contribution is -2.29. The standard InChI is InChI=1S/C12H8BF3O2/c14-10-5-4-9(11(15)12(10)16)7-2-1-3-8(6-7)13(17)18/h1-6,17-18H. The highest BCUT2D eigenvalue weighted by Gasteiger charge is 2.16. The van der Waals surface area contributed by atoms with Crippen LogP contribution in [0.25, 0.3) is 11.1 Å². The van der Waals surface area contributed by atoms with E-state index in [9.17, 15) is 13.2 Å². The van der Waals surface area contributed by atoms with Crippen molar-refractivity contribution in [2.24, 2.45) is 0 Å². The fourth-order valence-electron chi connectivity index (χ4n) is 1.62. The summed E-state index contributed by atoms with van der Waals surface area (Å²) in [6, 6.07) is 7.55. The zero-order valence-electron chi connectivity index (χ0n) is 9.07. The molecule has 2 N–H and O–H groups in total. The number of halogens is 3. The van der Waals surface area contributed by atoms with Gasteiger partial charge in [0.2, 0.25) is 0 Å². The van der Waals surface area contributed by atoms with Crippen molar-refractivity contribution in [1.82, 2.24) is 0 Å². The van der Waals surface area contributed by atoms with Crippen LogP contribution >= 0.6 is 0 Å². The first-order chi connectivity index (χ1) is 8.50. The van der Waals surface area contributed by atoms with E-state index in [4.69, 9.17) is 10.0 Å². The molecular weight excluding hydrogens is 244 g/mol. The molecule has 92 valence electrons. The molecule has 2 rings (SSSR count). The molecule has 0 heterocycles. The second-order valence-corrected chi connectivity index (χ2v) is 3.72. The first kappa shape index (κ1) is 12.7. The summed E-state index contributed by atoms with van der Waals surface area (Å²) in [4.78, 5) is 0. The minimum absolute atomic E-state index is 0.136. The van der Waals surface area contributed by atoms with Gasteiger partial charge in [0.25, 0.3) is 0 Å². The van der Waals surface area contributed by atoms with Crippen molar-refractivity contribution in [3.05, 3.63) is 53.8 Å². The summed E-state index contributed by atoms with van der Waals surface area (Å²) in [5.41, 5.74) is 0.227. The molecular formula is C12H8BF3O2. The Hall–Kier alpha value is -1.79. The number of rotatable bonds is 2. The van der Waals surface area contributed by atoms with Gasteiger partial charge in [-0.3, -0.25) is 0 Å². The molecule has 6 heteroatoms. The van der Waals surface area contributed by atoms with E-state index in [0.29, 0.717) is 0 Å². The first-order valence-electron chi connectivity index (χ1n) is 5.10. The fraction of sp³-hybridized carbons (Fsp3) is 0. The Kier molecular flexibility index (Phi) is 3.40.